The van der Waals surface area contributed by atoms with Crippen LogP contribution in [0, 0.1) is 11.8 Å². The fourth-order valence-corrected chi connectivity index (χ4v) is 5.65. The molecule has 5 rings (SSSR count). The fraction of sp³-hybridized carbons (Fsp3) is 0.684. The van der Waals surface area contributed by atoms with E-state index in [0.717, 1.165) is 43.4 Å². The Morgan fingerprint density at radius 1 is 1.17 bits per heavy atom. The second-order valence-electron chi connectivity index (χ2n) is 7.86. The van der Waals surface area contributed by atoms with Crippen LogP contribution in [0.4, 0.5) is 0 Å². The van der Waals surface area contributed by atoms with Crippen molar-refractivity contribution in [2.45, 2.75) is 63.1 Å². The van der Waals surface area contributed by atoms with E-state index in [1.807, 2.05) is 19.1 Å². The molecule has 23 heavy (non-hydrogen) atoms. The smallest absolute Gasteiger partial charge is 0.123 e. The highest BCUT2D eigenvalue weighted by molar-refractivity contribution is 5.85. The number of halogens is 1. The van der Waals surface area contributed by atoms with Crippen LogP contribution in [0.1, 0.15) is 51.0 Å². The monoisotopic (exact) mass is 337 g/mol. The zero-order valence-corrected chi connectivity index (χ0v) is 14.7. The molecule has 4 aliphatic carbocycles. The normalized spacial score (nSPS) is 37.5. The highest BCUT2D eigenvalue weighted by atomic mass is 35.5. The maximum atomic E-state index is 10.8. The van der Waals surface area contributed by atoms with Crippen LogP contribution in [0.15, 0.2) is 24.3 Å². The van der Waals surface area contributed by atoms with Crippen LogP contribution >= 0.6 is 12.4 Å². The van der Waals surface area contributed by atoms with Gasteiger partial charge in [0.25, 0.3) is 0 Å². The Morgan fingerprint density at radius 3 is 2.52 bits per heavy atom. The molecule has 4 aliphatic rings. The van der Waals surface area contributed by atoms with Crippen LogP contribution in [0.3, 0.4) is 0 Å². The molecule has 0 amide bonds. The van der Waals surface area contributed by atoms with Gasteiger partial charge in [0.15, 0.2) is 0 Å². The number of rotatable bonds is 5. The molecule has 0 aliphatic heterocycles. The summed E-state index contributed by atoms with van der Waals surface area (Å²) < 4.78 is 5.74. The maximum absolute atomic E-state index is 10.8. The van der Waals surface area contributed by atoms with Gasteiger partial charge in [-0.05, 0) is 63.4 Å². The molecule has 4 heteroatoms. The van der Waals surface area contributed by atoms with E-state index in [1.54, 1.807) is 0 Å². The third-order valence-electron chi connectivity index (χ3n) is 5.96. The minimum atomic E-state index is -0.392. The number of nitrogens with one attached hydrogen (secondary N) is 1. The zero-order chi connectivity index (χ0) is 15.2. The second kappa shape index (κ2) is 6.27. The summed E-state index contributed by atoms with van der Waals surface area (Å²) in [5.74, 6) is 2.43. The predicted octanol–water partition coefficient (Wildman–Crippen LogP) is 3.68. The lowest BCUT2D eigenvalue weighted by Crippen LogP contribution is -2.64. The Kier molecular flexibility index (Phi) is 4.65. The van der Waals surface area contributed by atoms with Gasteiger partial charge in [-0.3, -0.25) is 0 Å². The topological polar surface area (TPSA) is 41.5 Å². The molecule has 2 unspecified atom stereocenters. The summed E-state index contributed by atoms with van der Waals surface area (Å²) in [5.41, 5.74) is 0.987. The molecular weight excluding hydrogens is 310 g/mol. The van der Waals surface area contributed by atoms with Gasteiger partial charge < -0.3 is 15.2 Å². The molecular formula is C19H28ClNO2. The van der Waals surface area contributed by atoms with E-state index in [4.69, 9.17) is 4.74 Å². The van der Waals surface area contributed by atoms with Gasteiger partial charge in [-0.15, -0.1) is 12.4 Å². The Morgan fingerprint density at radius 2 is 1.87 bits per heavy atom. The van der Waals surface area contributed by atoms with Crippen LogP contribution in [0.25, 0.3) is 0 Å². The van der Waals surface area contributed by atoms with E-state index in [0.29, 0.717) is 6.61 Å². The van der Waals surface area contributed by atoms with Gasteiger partial charge in [-0.2, -0.15) is 0 Å². The number of hydrogen-bond donors (Lipinski definition) is 2. The van der Waals surface area contributed by atoms with Crippen molar-refractivity contribution in [3.8, 4) is 5.75 Å². The van der Waals surface area contributed by atoms with Crippen LogP contribution in [0.2, 0.25) is 0 Å². The van der Waals surface area contributed by atoms with E-state index in [9.17, 15) is 5.11 Å². The molecule has 3 nitrogen and oxygen atoms in total. The summed E-state index contributed by atoms with van der Waals surface area (Å²) in [5, 5.41) is 14.7. The Labute approximate surface area is 145 Å². The molecule has 4 bridgehead atoms. The Balaban J connectivity index is 0.00000156. The average Bonchev–Trinajstić information content (AvgIpc) is 2.44. The molecule has 2 N–H and O–H groups in total. The van der Waals surface area contributed by atoms with E-state index < -0.39 is 5.60 Å². The lowest BCUT2D eigenvalue weighted by Gasteiger charge is -2.60. The molecule has 0 spiro atoms. The number of ether oxygens (including phenoxy) is 1. The summed E-state index contributed by atoms with van der Waals surface area (Å²) in [4.78, 5) is 0. The second-order valence-corrected chi connectivity index (χ2v) is 7.86. The molecule has 2 atom stereocenters. The van der Waals surface area contributed by atoms with Crippen LogP contribution in [-0.2, 0) is 6.54 Å². The minimum absolute atomic E-state index is 0. The van der Waals surface area contributed by atoms with E-state index >= 15 is 0 Å². The lowest BCUT2D eigenvalue weighted by atomic mass is 9.51. The largest absolute Gasteiger partial charge is 0.494 e. The van der Waals surface area contributed by atoms with Crippen molar-refractivity contribution in [1.29, 1.82) is 0 Å². The molecule has 128 valence electrons. The maximum Gasteiger partial charge on any atom is 0.123 e. The molecule has 4 saturated carbocycles. The summed E-state index contributed by atoms with van der Waals surface area (Å²) in [6.07, 6.45) is 6.81. The lowest BCUT2D eigenvalue weighted by molar-refractivity contribution is -0.142. The van der Waals surface area contributed by atoms with Crippen LogP contribution < -0.4 is 10.1 Å². The summed E-state index contributed by atoms with van der Waals surface area (Å²) in [7, 11) is 0. The van der Waals surface area contributed by atoms with Crippen molar-refractivity contribution in [1.82, 2.24) is 5.32 Å². The van der Waals surface area contributed by atoms with Gasteiger partial charge in [0.2, 0.25) is 0 Å². The summed E-state index contributed by atoms with van der Waals surface area (Å²) >= 11 is 0. The SMILES string of the molecule is CCOc1ccccc1CNC12CC3CC(CC(O)(C3)C1)C2.Cl. The minimum Gasteiger partial charge on any atom is -0.494 e. The third-order valence-corrected chi connectivity index (χ3v) is 5.96. The summed E-state index contributed by atoms with van der Waals surface area (Å²) in [6.45, 7) is 3.57. The first kappa shape index (κ1) is 17.1. The van der Waals surface area contributed by atoms with Crippen molar-refractivity contribution in [3.05, 3.63) is 29.8 Å². The van der Waals surface area contributed by atoms with Gasteiger partial charge >= 0.3 is 0 Å². The van der Waals surface area contributed by atoms with Gasteiger partial charge in [0.1, 0.15) is 5.75 Å². The van der Waals surface area contributed by atoms with Crippen LogP contribution in [-0.4, -0.2) is 22.9 Å². The zero-order valence-electron chi connectivity index (χ0n) is 13.9. The molecule has 0 heterocycles. The molecule has 4 fully saturated rings. The molecule has 0 saturated heterocycles. The molecule has 1 aromatic rings. The van der Waals surface area contributed by atoms with Crippen molar-refractivity contribution in [2.24, 2.45) is 11.8 Å². The van der Waals surface area contributed by atoms with E-state index in [2.05, 4.69) is 17.4 Å². The van der Waals surface area contributed by atoms with Gasteiger partial charge in [-0.25, -0.2) is 0 Å². The average molecular weight is 338 g/mol. The quantitative estimate of drug-likeness (QED) is 0.861. The number of benzene rings is 1. The Hall–Kier alpha value is -0.770. The number of para-hydroxylation sites is 1. The highest BCUT2D eigenvalue weighted by Crippen LogP contribution is 2.57. The standard InChI is InChI=1S/C19H27NO2.ClH/c1-2-22-17-6-4-3-5-16(17)12-20-18-8-14-7-15(9-18)11-19(21,10-14)13-18;/h3-6,14-15,20-21H,2,7-13H2,1H3;1H. The van der Waals surface area contributed by atoms with Gasteiger partial charge in [0, 0.05) is 17.6 Å². The van der Waals surface area contributed by atoms with Crippen molar-refractivity contribution in [3.63, 3.8) is 0 Å². The number of hydrogen-bond acceptors (Lipinski definition) is 3. The van der Waals surface area contributed by atoms with Gasteiger partial charge in [0.05, 0.1) is 12.2 Å². The Bertz CT molecular complexity index is 548. The summed E-state index contributed by atoms with van der Waals surface area (Å²) in [6, 6.07) is 8.30. The predicted molar refractivity (Wildman–Crippen MR) is 94.1 cm³/mol. The van der Waals surface area contributed by atoms with Crippen LogP contribution in [0.5, 0.6) is 5.75 Å². The highest BCUT2D eigenvalue weighted by Gasteiger charge is 2.56. The van der Waals surface area contributed by atoms with E-state index in [-0.39, 0.29) is 17.9 Å². The number of aliphatic hydroxyl groups is 1. The van der Waals surface area contributed by atoms with E-state index in [1.165, 1.54) is 24.8 Å². The molecule has 0 radical (unpaired) electrons. The first-order chi connectivity index (χ1) is 10.6. The first-order valence-corrected chi connectivity index (χ1v) is 8.78. The van der Waals surface area contributed by atoms with Crippen molar-refractivity contribution < 1.29 is 9.84 Å². The fourth-order valence-electron chi connectivity index (χ4n) is 5.65. The van der Waals surface area contributed by atoms with Crippen molar-refractivity contribution in [2.75, 3.05) is 6.61 Å². The molecule has 1 aromatic carbocycles. The first-order valence-electron chi connectivity index (χ1n) is 8.78. The van der Waals surface area contributed by atoms with Gasteiger partial charge in [-0.1, -0.05) is 18.2 Å². The molecule has 0 aromatic heterocycles. The third kappa shape index (κ3) is 3.24. The van der Waals surface area contributed by atoms with Crippen molar-refractivity contribution >= 4 is 12.4 Å².